The molecule has 3 rings (SSSR count). The van der Waals surface area contributed by atoms with Crippen molar-refractivity contribution >= 4 is 35.4 Å². The van der Waals surface area contributed by atoms with Crippen LogP contribution >= 0.6 is 23.2 Å². The number of alkyl carbamates (subject to hydrolysis) is 1. The zero-order valence-corrected chi connectivity index (χ0v) is 17.9. The maximum absolute atomic E-state index is 11.9. The maximum Gasteiger partial charge on any atom is 0.407 e. The summed E-state index contributed by atoms with van der Waals surface area (Å²) in [6.45, 7) is 6.11. The van der Waals surface area contributed by atoms with Crippen LogP contribution in [0.3, 0.4) is 0 Å². The molecule has 0 unspecified atom stereocenters. The van der Waals surface area contributed by atoms with E-state index in [-0.39, 0.29) is 12.0 Å². The number of hydrogen-bond donors (Lipinski definition) is 1. The zero-order chi connectivity index (χ0) is 20.3. The van der Waals surface area contributed by atoms with E-state index in [1.807, 2.05) is 45.0 Å². The molecule has 3 nitrogen and oxygen atoms in total. The third kappa shape index (κ3) is 5.30. The third-order valence-electron chi connectivity index (χ3n) is 4.66. The van der Waals surface area contributed by atoms with Crippen LogP contribution in [0, 0.1) is 0 Å². The summed E-state index contributed by atoms with van der Waals surface area (Å²) in [5.74, 6) is 0.215. The number of amides is 1. The molecule has 2 aromatic rings. The number of nitrogens with one attached hydrogen (secondary N) is 1. The van der Waals surface area contributed by atoms with Gasteiger partial charge in [-0.1, -0.05) is 65.2 Å². The van der Waals surface area contributed by atoms with Gasteiger partial charge in [0.05, 0.1) is 10.0 Å². The summed E-state index contributed by atoms with van der Waals surface area (Å²) >= 11 is 12.4. The highest BCUT2D eigenvalue weighted by Gasteiger charge is 2.23. The molecule has 0 fully saturated rings. The summed E-state index contributed by atoms with van der Waals surface area (Å²) in [5, 5.41) is 3.97. The topological polar surface area (TPSA) is 38.3 Å². The molecule has 0 spiro atoms. The van der Waals surface area contributed by atoms with Crippen molar-refractivity contribution in [2.75, 3.05) is 6.54 Å². The lowest BCUT2D eigenvalue weighted by atomic mass is 9.78. The fourth-order valence-electron chi connectivity index (χ4n) is 3.45. The minimum absolute atomic E-state index is 0.215. The molecule has 1 atom stereocenters. The first-order valence-corrected chi connectivity index (χ1v) is 10.2. The molecule has 148 valence electrons. The van der Waals surface area contributed by atoms with Crippen molar-refractivity contribution < 1.29 is 9.53 Å². The Hall–Kier alpha value is -1.97. The van der Waals surface area contributed by atoms with Crippen LogP contribution in [0.2, 0.25) is 10.0 Å². The first-order valence-electron chi connectivity index (χ1n) is 9.43. The Morgan fingerprint density at radius 2 is 1.89 bits per heavy atom. The summed E-state index contributed by atoms with van der Waals surface area (Å²) in [5.41, 5.74) is 4.42. The summed E-state index contributed by atoms with van der Waals surface area (Å²) in [6, 6.07) is 14.2. The van der Waals surface area contributed by atoms with Crippen LogP contribution in [0.25, 0.3) is 6.08 Å². The Kier molecular flexibility index (Phi) is 6.36. The Morgan fingerprint density at radius 3 is 2.61 bits per heavy atom. The second-order valence-electron chi connectivity index (χ2n) is 8.04. The van der Waals surface area contributed by atoms with E-state index in [1.165, 1.54) is 16.7 Å². The number of rotatable bonds is 4. The summed E-state index contributed by atoms with van der Waals surface area (Å²) in [6.07, 6.45) is 3.49. The van der Waals surface area contributed by atoms with Gasteiger partial charge in [0, 0.05) is 12.5 Å². The van der Waals surface area contributed by atoms with Gasteiger partial charge in [-0.25, -0.2) is 4.79 Å². The Balaban J connectivity index is 1.74. The van der Waals surface area contributed by atoms with E-state index < -0.39 is 5.60 Å². The van der Waals surface area contributed by atoms with Gasteiger partial charge in [0.2, 0.25) is 0 Å². The van der Waals surface area contributed by atoms with Gasteiger partial charge in [-0.15, -0.1) is 0 Å². The van der Waals surface area contributed by atoms with Gasteiger partial charge >= 0.3 is 6.09 Å². The number of carbonyl (C=O) groups excluding carboxylic acids is 1. The largest absolute Gasteiger partial charge is 0.444 e. The van der Waals surface area contributed by atoms with Crippen molar-refractivity contribution in [1.82, 2.24) is 5.32 Å². The van der Waals surface area contributed by atoms with Gasteiger partial charge in [-0.2, -0.15) is 0 Å². The van der Waals surface area contributed by atoms with E-state index in [4.69, 9.17) is 27.9 Å². The molecule has 28 heavy (non-hydrogen) atoms. The zero-order valence-electron chi connectivity index (χ0n) is 16.4. The normalized spacial score (nSPS) is 16.2. The lowest BCUT2D eigenvalue weighted by molar-refractivity contribution is 0.0528. The molecule has 0 heterocycles. The van der Waals surface area contributed by atoms with Crippen LogP contribution in [-0.4, -0.2) is 18.2 Å². The van der Waals surface area contributed by atoms with E-state index in [1.54, 1.807) is 0 Å². The first-order chi connectivity index (χ1) is 13.2. The number of halogens is 2. The lowest BCUT2D eigenvalue weighted by Gasteiger charge is -2.27. The smallest absolute Gasteiger partial charge is 0.407 e. The molecule has 1 aliphatic carbocycles. The van der Waals surface area contributed by atoms with Crippen LogP contribution in [0.15, 0.2) is 48.0 Å². The second kappa shape index (κ2) is 8.59. The van der Waals surface area contributed by atoms with Gasteiger partial charge in [-0.3, -0.25) is 0 Å². The number of fused-ring (bicyclic) bond motifs is 1. The Morgan fingerprint density at radius 1 is 1.14 bits per heavy atom. The minimum Gasteiger partial charge on any atom is -0.444 e. The van der Waals surface area contributed by atoms with Gasteiger partial charge in [-0.05, 0) is 62.4 Å². The molecule has 0 aromatic heterocycles. The van der Waals surface area contributed by atoms with Crippen LogP contribution < -0.4 is 5.32 Å². The SMILES string of the molecule is CC(C)(C)OC(=O)NCCC1=Cc2ccccc2[C@H](c2ccc(Cl)c(Cl)c2)C1. The van der Waals surface area contributed by atoms with Gasteiger partial charge in [0.15, 0.2) is 0 Å². The molecule has 0 bridgehead atoms. The summed E-state index contributed by atoms with van der Waals surface area (Å²) < 4.78 is 5.30. The van der Waals surface area contributed by atoms with E-state index in [9.17, 15) is 4.79 Å². The fourth-order valence-corrected chi connectivity index (χ4v) is 3.76. The molecule has 0 saturated heterocycles. The highest BCUT2D eigenvalue weighted by atomic mass is 35.5. The Bertz CT molecular complexity index is 900. The van der Waals surface area contributed by atoms with Gasteiger partial charge in [0.25, 0.3) is 0 Å². The molecule has 5 heteroatoms. The maximum atomic E-state index is 11.9. The number of carbonyl (C=O) groups is 1. The predicted octanol–water partition coefficient (Wildman–Crippen LogP) is 6.83. The Labute approximate surface area is 176 Å². The molecular weight excluding hydrogens is 393 g/mol. The van der Waals surface area contributed by atoms with Crippen LogP contribution in [-0.2, 0) is 4.74 Å². The van der Waals surface area contributed by atoms with Crippen molar-refractivity contribution in [2.24, 2.45) is 0 Å². The highest BCUT2D eigenvalue weighted by Crippen LogP contribution is 2.40. The third-order valence-corrected chi connectivity index (χ3v) is 5.40. The molecule has 0 saturated carbocycles. The molecule has 2 aromatic carbocycles. The molecule has 0 radical (unpaired) electrons. The van der Waals surface area contributed by atoms with E-state index in [2.05, 4.69) is 29.6 Å². The molecule has 1 aliphatic rings. The quantitative estimate of drug-likeness (QED) is 0.591. The van der Waals surface area contributed by atoms with Crippen molar-refractivity contribution in [2.45, 2.75) is 45.1 Å². The molecule has 0 aliphatic heterocycles. The number of ether oxygens (including phenoxy) is 1. The van der Waals surface area contributed by atoms with E-state index >= 15 is 0 Å². The first kappa shape index (κ1) is 20.8. The molecule has 1 amide bonds. The fraction of sp³-hybridized carbons (Fsp3) is 0.348. The monoisotopic (exact) mass is 417 g/mol. The average Bonchev–Trinajstić information content (AvgIpc) is 2.62. The lowest BCUT2D eigenvalue weighted by Crippen LogP contribution is -2.33. The number of hydrogen-bond acceptors (Lipinski definition) is 2. The number of benzene rings is 2. The van der Waals surface area contributed by atoms with Crippen molar-refractivity contribution in [3.8, 4) is 0 Å². The van der Waals surface area contributed by atoms with Crippen LogP contribution in [0.1, 0.15) is 56.2 Å². The highest BCUT2D eigenvalue weighted by molar-refractivity contribution is 6.42. The summed E-state index contributed by atoms with van der Waals surface area (Å²) in [7, 11) is 0. The van der Waals surface area contributed by atoms with Gasteiger partial charge in [0.1, 0.15) is 5.60 Å². The predicted molar refractivity (Wildman–Crippen MR) is 116 cm³/mol. The van der Waals surface area contributed by atoms with Crippen molar-refractivity contribution in [1.29, 1.82) is 0 Å². The van der Waals surface area contributed by atoms with Gasteiger partial charge < -0.3 is 10.1 Å². The minimum atomic E-state index is -0.494. The molecular formula is C23H25Cl2NO2. The van der Waals surface area contributed by atoms with Crippen LogP contribution in [0.5, 0.6) is 0 Å². The van der Waals surface area contributed by atoms with E-state index in [0.717, 1.165) is 18.4 Å². The van der Waals surface area contributed by atoms with Crippen LogP contribution in [0.4, 0.5) is 4.79 Å². The van der Waals surface area contributed by atoms with E-state index in [0.29, 0.717) is 16.6 Å². The standard InChI is InChI=1S/C23H25Cl2NO2/c1-23(2,3)28-22(27)26-11-10-15-12-16-6-4-5-7-18(16)19(13-15)17-8-9-20(24)21(25)14-17/h4-9,12,14,19H,10-11,13H2,1-3H3,(H,26,27)/t19-/m0/s1. The second-order valence-corrected chi connectivity index (χ2v) is 8.85. The van der Waals surface area contributed by atoms with Crippen molar-refractivity contribution in [3.63, 3.8) is 0 Å². The molecule has 1 N–H and O–H groups in total. The average molecular weight is 418 g/mol. The van der Waals surface area contributed by atoms with Crippen molar-refractivity contribution in [3.05, 3.63) is 74.8 Å². The summed E-state index contributed by atoms with van der Waals surface area (Å²) in [4.78, 5) is 11.9.